The Hall–Kier alpha value is -2.34. The standard InChI is InChI=1S/C17H17NO4S/c1-12-6-2-5-9-16(12)23(20,21)18-17(19)14-10-11-22-15-8-4-3-7-13(14)15/h2-9,14H,10-11H2,1H3,(H,18,19). The van der Waals surface area contributed by atoms with E-state index in [1.807, 2.05) is 12.1 Å². The van der Waals surface area contributed by atoms with E-state index in [0.717, 1.165) is 5.56 Å². The van der Waals surface area contributed by atoms with Crippen molar-refractivity contribution in [3.05, 3.63) is 59.7 Å². The van der Waals surface area contributed by atoms with E-state index in [1.165, 1.54) is 6.07 Å². The van der Waals surface area contributed by atoms with Crippen LogP contribution >= 0.6 is 0 Å². The Morgan fingerprint density at radius 1 is 1.13 bits per heavy atom. The summed E-state index contributed by atoms with van der Waals surface area (Å²) >= 11 is 0. The van der Waals surface area contributed by atoms with Gasteiger partial charge in [-0.15, -0.1) is 0 Å². The van der Waals surface area contributed by atoms with Gasteiger partial charge in [0.1, 0.15) is 5.75 Å². The van der Waals surface area contributed by atoms with Gasteiger partial charge in [0, 0.05) is 5.56 Å². The molecule has 0 bridgehead atoms. The molecule has 1 aliphatic rings. The van der Waals surface area contributed by atoms with Gasteiger partial charge in [0.2, 0.25) is 5.91 Å². The highest BCUT2D eigenvalue weighted by Crippen LogP contribution is 2.33. The van der Waals surface area contributed by atoms with Crippen molar-refractivity contribution in [2.45, 2.75) is 24.2 Å². The quantitative estimate of drug-likeness (QED) is 0.937. The predicted molar refractivity (Wildman–Crippen MR) is 85.8 cm³/mol. The molecule has 1 atom stereocenters. The topological polar surface area (TPSA) is 72.5 Å². The van der Waals surface area contributed by atoms with Crippen LogP contribution in [0.5, 0.6) is 5.75 Å². The molecule has 2 aromatic carbocycles. The zero-order chi connectivity index (χ0) is 16.4. The number of ether oxygens (including phenoxy) is 1. The molecule has 1 aliphatic heterocycles. The summed E-state index contributed by atoms with van der Waals surface area (Å²) in [7, 11) is -3.88. The highest BCUT2D eigenvalue weighted by atomic mass is 32.2. The lowest BCUT2D eigenvalue weighted by Gasteiger charge is -2.25. The molecule has 0 fully saturated rings. The summed E-state index contributed by atoms with van der Waals surface area (Å²) in [5.74, 6) is -0.421. The molecule has 6 heteroatoms. The van der Waals surface area contributed by atoms with Crippen molar-refractivity contribution in [3.8, 4) is 5.75 Å². The first-order valence-electron chi connectivity index (χ1n) is 7.33. The van der Waals surface area contributed by atoms with E-state index in [-0.39, 0.29) is 4.90 Å². The summed E-state index contributed by atoms with van der Waals surface area (Å²) in [4.78, 5) is 12.6. The molecular formula is C17H17NO4S. The van der Waals surface area contributed by atoms with Crippen LogP contribution in [0, 0.1) is 6.92 Å². The molecule has 1 N–H and O–H groups in total. The number of carbonyl (C=O) groups is 1. The number of amides is 1. The molecule has 1 heterocycles. The molecule has 120 valence electrons. The lowest BCUT2D eigenvalue weighted by Crippen LogP contribution is -2.36. The Labute approximate surface area is 135 Å². The first kappa shape index (κ1) is 15.6. The van der Waals surface area contributed by atoms with E-state index < -0.39 is 21.8 Å². The smallest absolute Gasteiger partial charge is 0.264 e. The van der Waals surface area contributed by atoms with Gasteiger partial charge in [-0.2, -0.15) is 0 Å². The van der Waals surface area contributed by atoms with Gasteiger partial charge >= 0.3 is 0 Å². The summed E-state index contributed by atoms with van der Waals surface area (Å²) in [6.45, 7) is 2.09. The van der Waals surface area contributed by atoms with Crippen molar-refractivity contribution in [3.63, 3.8) is 0 Å². The third-order valence-electron chi connectivity index (χ3n) is 3.89. The molecule has 0 spiro atoms. The Morgan fingerprint density at radius 2 is 1.83 bits per heavy atom. The van der Waals surface area contributed by atoms with Gasteiger partial charge < -0.3 is 4.74 Å². The van der Waals surface area contributed by atoms with Gasteiger partial charge in [-0.25, -0.2) is 13.1 Å². The number of benzene rings is 2. The van der Waals surface area contributed by atoms with Crippen LogP contribution in [0.3, 0.4) is 0 Å². The minimum Gasteiger partial charge on any atom is -0.493 e. The van der Waals surface area contributed by atoms with Crippen LogP contribution in [-0.4, -0.2) is 20.9 Å². The number of nitrogens with one attached hydrogen (secondary N) is 1. The van der Waals surface area contributed by atoms with Gasteiger partial charge in [-0.05, 0) is 31.0 Å². The Bertz CT molecular complexity index is 845. The van der Waals surface area contributed by atoms with Gasteiger partial charge in [0.15, 0.2) is 0 Å². The van der Waals surface area contributed by atoms with Crippen molar-refractivity contribution >= 4 is 15.9 Å². The second-order valence-electron chi connectivity index (χ2n) is 5.46. The van der Waals surface area contributed by atoms with Gasteiger partial charge in [-0.1, -0.05) is 36.4 Å². The number of fused-ring (bicyclic) bond motifs is 1. The minimum absolute atomic E-state index is 0.119. The van der Waals surface area contributed by atoms with E-state index in [9.17, 15) is 13.2 Å². The summed E-state index contributed by atoms with van der Waals surface area (Å²) in [6, 6.07) is 13.8. The summed E-state index contributed by atoms with van der Waals surface area (Å²) in [5.41, 5.74) is 1.32. The van der Waals surface area contributed by atoms with Crippen LogP contribution in [0.4, 0.5) is 0 Å². The molecular weight excluding hydrogens is 314 g/mol. The van der Waals surface area contributed by atoms with Crippen LogP contribution in [0.1, 0.15) is 23.5 Å². The Morgan fingerprint density at radius 3 is 2.61 bits per heavy atom. The SMILES string of the molecule is Cc1ccccc1S(=O)(=O)NC(=O)C1CCOc2ccccc21. The van der Waals surface area contributed by atoms with E-state index in [0.29, 0.717) is 24.3 Å². The Balaban J connectivity index is 1.87. The zero-order valence-electron chi connectivity index (χ0n) is 12.7. The third kappa shape index (κ3) is 3.07. The molecule has 1 amide bonds. The van der Waals surface area contributed by atoms with E-state index in [4.69, 9.17) is 4.74 Å². The van der Waals surface area contributed by atoms with Crippen molar-refractivity contribution in [2.75, 3.05) is 6.61 Å². The molecule has 5 nitrogen and oxygen atoms in total. The van der Waals surface area contributed by atoms with Crippen molar-refractivity contribution in [1.29, 1.82) is 0 Å². The second kappa shape index (κ2) is 6.04. The monoisotopic (exact) mass is 331 g/mol. The molecule has 0 aliphatic carbocycles. The maximum Gasteiger partial charge on any atom is 0.264 e. The largest absolute Gasteiger partial charge is 0.493 e. The maximum atomic E-state index is 12.5. The van der Waals surface area contributed by atoms with Crippen LogP contribution < -0.4 is 9.46 Å². The Kier molecular flexibility index (Phi) is 4.09. The maximum absolute atomic E-state index is 12.5. The molecule has 0 saturated heterocycles. The van der Waals surface area contributed by atoms with Crippen LogP contribution in [0.15, 0.2) is 53.4 Å². The molecule has 0 saturated carbocycles. The highest BCUT2D eigenvalue weighted by molar-refractivity contribution is 7.90. The summed E-state index contributed by atoms with van der Waals surface area (Å²) < 4.78 is 32.6. The van der Waals surface area contributed by atoms with Gasteiger partial charge in [0.25, 0.3) is 10.0 Å². The second-order valence-corrected chi connectivity index (χ2v) is 7.11. The van der Waals surface area contributed by atoms with Crippen molar-refractivity contribution < 1.29 is 17.9 Å². The van der Waals surface area contributed by atoms with Crippen LogP contribution in [0.2, 0.25) is 0 Å². The molecule has 0 radical (unpaired) electrons. The fourth-order valence-corrected chi connectivity index (χ4v) is 4.00. The number of para-hydroxylation sites is 1. The lowest BCUT2D eigenvalue weighted by molar-refractivity contribution is -0.121. The molecule has 1 unspecified atom stereocenters. The van der Waals surface area contributed by atoms with Gasteiger partial charge in [0.05, 0.1) is 17.4 Å². The normalized spacial score (nSPS) is 17.0. The predicted octanol–water partition coefficient (Wildman–Crippen LogP) is 2.37. The number of rotatable bonds is 3. The highest BCUT2D eigenvalue weighted by Gasteiger charge is 2.30. The molecule has 3 rings (SSSR count). The first-order valence-corrected chi connectivity index (χ1v) is 8.81. The summed E-state index contributed by atoms with van der Waals surface area (Å²) in [6.07, 6.45) is 0.451. The third-order valence-corrected chi connectivity index (χ3v) is 5.40. The van der Waals surface area contributed by atoms with Crippen LogP contribution in [-0.2, 0) is 14.8 Å². The average Bonchev–Trinajstić information content (AvgIpc) is 2.54. The molecule has 0 aromatic heterocycles. The number of hydrogen-bond donors (Lipinski definition) is 1. The van der Waals surface area contributed by atoms with Crippen molar-refractivity contribution in [1.82, 2.24) is 4.72 Å². The minimum atomic E-state index is -3.88. The number of hydrogen-bond acceptors (Lipinski definition) is 4. The molecule has 2 aromatic rings. The van der Waals surface area contributed by atoms with Gasteiger partial charge in [-0.3, -0.25) is 4.79 Å². The molecule has 23 heavy (non-hydrogen) atoms. The lowest BCUT2D eigenvalue weighted by atomic mass is 9.93. The van der Waals surface area contributed by atoms with Crippen molar-refractivity contribution in [2.24, 2.45) is 0 Å². The number of carbonyl (C=O) groups excluding carboxylic acids is 1. The number of aryl methyl sites for hydroxylation is 1. The fraction of sp³-hybridized carbons (Fsp3) is 0.235. The fourth-order valence-electron chi connectivity index (χ4n) is 2.73. The number of sulfonamides is 1. The first-order chi connectivity index (χ1) is 11.0. The summed E-state index contributed by atoms with van der Waals surface area (Å²) in [5, 5.41) is 0. The van der Waals surface area contributed by atoms with E-state index in [2.05, 4.69) is 4.72 Å². The van der Waals surface area contributed by atoms with Crippen LogP contribution in [0.25, 0.3) is 0 Å². The zero-order valence-corrected chi connectivity index (χ0v) is 13.5. The van der Waals surface area contributed by atoms with E-state index in [1.54, 1.807) is 37.3 Å². The van der Waals surface area contributed by atoms with E-state index >= 15 is 0 Å². The average molecular weight is 331 g/mol.